The van der Waals surface area contributed by atoms with E-state index < -0.39 is 0 Å². The third-order valence-electron chi connectivity index (χ3n) is 3.59. The van der Waals surface area contributed by atoms with Gasteiger partial charge < -0.3 is 10.3 Å². The van der Waals surface area contributed by atoms with Crippen LogP contribution in [0.3, 0.4) is 0 Å². The number of nitrogens with zero attached hydrogens (tertiary/aromatic N) is 1. The van der Waals surface area contributed by atoms with Crippen molar-refractivity contribution in [2.75, 3.05) is 6.54 Å². The minimum absolute atomic E-state index is 0.749. The highest BCUT2D eigenvalue weighted by Gasteiger charge is 2.13. The van der Waals surface area contributed by atoms with Crippen LogP contribution in [0.2, 0.25) is 0 Å². The predicted molar refractivity (Wildman–Crippen MR) is 70.1 cm³/mol. The van der Waals surface area contributed by atoms with Gasteiger partial charge in [-0.15, -0.1) is 0 Å². The number of para-hydroxylation sites is 2. The SMILES string of the molecule is c1ccc2[nH]c(CCNC3CCCC3)nc2c1. The normalized spacial score (nSPS) is 16.9. The van der Waals surface area contributed by atoms with Crippen LogP contribution >= 0.6 is 0 Å². The first-order chi connectivity index (χ1) is 8.42. The maximum absolute atomic E-state index is 4.58. The highest BCUT2D eigenvalue weighted by atomic mass is 15.0. The Morgan fingerprint density at radius 2 is 2.06 bits per heavy atom. The van der Waals surface area contributed by atoms with Crippen molar-refractivity contribution in [3.05, 3.63) is 30.1 Å². The Morgan fingerprint density at radius 3 is 2.88 bits per heavy atom. The molecular weight excluding hydrogens is 210 g/mol. The molecule has 0 saturated heterocycles. The smallest absolute Gasteiger partial charge is 0.108 e. The molecule has 0 spiro atoms. The van der Waals surface area contributed by atoms with Gasteiger partial charge in [0, 0.05) is 19.0 Å². The second-order valence-electron chi connectivity index (χ2n) is 4.89. The third-order valence-corrected chi connectivity index (χ3v) is 3.59. The first-order valence-corrected chi connectivity index (χ1v) is 6.59. The van der Waals surface area contributed by atoms with E-state index in [4.69, 9.17) is 0 Å². The van der Waals surface area contributed by atoms with Crippen LogP contribution < -0.4 is 5.32 Å². The Bertz CT molecular complexity index is 450. The number of hydrogen-bond donors (Lipinski definition) is 2. The Balaban J connectivity index is 1.57. The number of hydrogen-bond acceptors (Lipinski definition) is 2. The molecule has 17 heavy (non-hydrogen) atoms. The zero-order chi connectivity index (χ0) is 11.5. The van der Waals surface area contributed by atoms with E-state index in [1.807, 2.05) is 12.1 Å². The van der Waals surface area contributed by atoms with Crippen LogP contribution in [0, 0.1) is 0 Å². The Labute approximate surface area is 102 Å². The Kier molecular flexibility index (Phi) is 3.10. The molecule has 0 radical (unpaired) electrons. The number of H-pyrrole nitrogens is 1. The molecule has 1 aliphatic carbocycles. The number of nitrogens with one attached hydrogen (secondary N) is 2. The molecule has 2 aromatic rings. The highest BCUT2D eigenvalue weighted by Crippen LogP contribution is 2.17. The first-order valence-electron chi connectivity index (χ1n) is 6.59. The summed E-state index contributed by atoms with van der Waals surface area (Å²) in [5.41, 5.74) is 2.21. The number of rotatable bonds is 4. The molecule has 90 valence electrons. The molecule has 0 atom stereocenters. The Hall–Kier alpha value is -1.35. The van der Waals surface area contributed by atoms with Gasteiger partial charge >= 0.3 is 0 Å². The lowest BCUT2D eigenvalue weighted by molar-refractivity contribution is 0.524. The molecule has 0 unspecified atom stereocenters. The average Bonchev–Trinajstić information content (AvgIpc) is 2.96. The molecule has 2 N–H and O–H groups in total. The van der Waals surface area contributed by atoms with E-state index in [0.717, 1.165) is 35.9 Å². The van der Waals surface area contributed by atoms with Crippen LogP contribution in [-0.2, 0) is 6.42 Å². The predicted octanol–water partition coefficient (Wildman–Crippen LogP) is 2.64. The van der Waals surface area contributed by atoms with Crippen molar-refractivity contribution in [1.29, 1.82) is 0 Å². The van der Waals surface area contributed by atoms with E-state index in [9.17, 15) is 0 Å². The lowest BCUT2D eigenvalue weighted by Crippen LogP contribution is -2.28. The standard InChI is InChI=1S/C14H19N3/c1-2-6-11(5-1)15-10-9-14-16-12-7-3-4-8-13(12)17-14/h3-4,7-8,11,15H,1-2,5-6,9-10H2,(H,16,17). The monoisotopic (exact) mass is 229 g/mol. The fourth-order valence-corrected chi connectivity index (χ4v) is 2.65. The second-order valence-corrected chi connectivity index (χ2v) is 4.89. The number of aromatic nitrogens is 2. The molecule has 1 heterocycles. The minimum atomic E-state index is 0.749. The van der Waals surface area contributed by atoms with E-state index in [1.165, 1.54) is 25.7 Å². The summed E-state index contributed by atoms with van der Waals surface area (Å²) >= 11 is 0. The van der Waals surface area contributed by atoms with Crippen molar-refractivity contribution in [3.8, 4) is 0 Å². The van der Waals surface area contributed by atoms with Gasteiger partial charge in [-0.1, -0.05) is 25.0 Å². The number of benzene rings is 1. The quantitative estimate of drug-likeness (QED) is 0.846. The van der Waals surface area contributed by atoms with Gasteiger partial charge in [0.2, 0.25) is 0 Å². The number of imidazole rings is 1. The fraction of sp³-hybridized carbons (Fsp3) is 0.500. The lowest BCUT2D eigenvalue weighted by atomic mass is 10.2. The molecule has 0 bridgehead atoms. The summed E-state index contributed by atoms with van der Waals surface area (Å²) in [6.07, 6.45) is 6.47. The summed E-state index contributed by atoms with van der Waals surface area (Å²) in [6.45, 7) is 1.03. The van der Waals surface area contributed by atoms with Crippen molar-refractivity contribution in [1.82, 2.24) is 15.3 Å². The van der Waals surface area contributed by atoms with Gasteiger partial charge in [0.15, 0.2) is 0 Å². The van der Waals surface area contributed by atoms with E-state index >= 15 is 0 Å². The molecule has 1 fully saturated rings. The molecule has 1 aliphatic rings. The molecule has 3 rings (SSSR count). The molecule has 1 aromatic heterocycles. The lowest BCUT2D eigenvalue weighted by Gasteiger charge is -2.10. The summed E-state index contributed by atoms with van der Waals surface area (Å²) in [6, 6.07) is 8.96. The van der Waals surface area contributed by atoms with Crippen molar-refractivity contribution < 1.29 is 0 Å². The first kappa shape index (κ1) is 10.8. The van der Waals surface area contributed by atoms with Gasteiger partial charge in [-0.2, -0.15) is 0 Å². The summed E-state index contributed by atoms with van der Waals surface area (Å²) < 4.78 is 0. The number of fused-ring (bicyclic) bond motifs is 1. The molecule has 1 saturated carbocycles. The topological polar surface area (TPSA) is 40.7 Å². The van der Waals surface area contributed by atoms with Crippen molar-refractivity contribution in [3.63, 3.8) is 0 Å². The van der Waals surface area contributed by atoms with Gasteiger partial charge in [0.25, 0.3) is 0 Å². The summed E-state index contributed by atoms with van der Waals surface area (Å²) in [4.78, 5) is 7.95. The van der Waals surface area contributed by atoms with Crippen LogP contribution in [0.4, 0.5) is 0 Å². The zero-order valence-electron chi connectivity index (χ0n) is 10.1. The summed E-state index contributed by atoms with van der Waals surface area (Å²) in [7, 11) is 0. The van der Waals surface area contributed by atoms with Crippen molar-refractivity contribution >= 4 is 11.0 Å². The highest BCUT2D eigenvalue weighted by molar-refractivity contribution is 5.74. The third kappa shape index (κ3) is 2.50. The maximum atomic E-state index is 4.58. The van der Waals surface area contributed by atoms with Crippen LogP contribution in [-0.4, -0.2) is 22.6 Å². The van der Waals surface area contributed by atoms with Gasteiger partial charge in [0.05, 0.1) is 11.0 Å². The van der Waals surface area contributed by atoms with Gasteiger partial charge in [-0.05, 0) is 25.0 Å². The molecular formula is C14H19N3. The second kappa shape index (κ2) is 4.88. The number of aromatic amines is 1. The average molecular weight is 229 g/mol. The summed E-state index contributed by atoms with van der Waals surface area (Å²) in [5.74, 6) is 1.09. The fourth-order valence-electron chi connectivity index (χ4n) is 2.65. The molecule has 0 amide bonds. The van der Waals surface area contributed by atoms with Crippen LogP contribution in [0.1, 0.15) is 31.5 Å². The van der Waals surface area contributed by atoms with Gasteiger partial charge in [-0.25, -0.2) is 4.98 Å². The molecule has 0 aliphatic heterocycles. The van der Waals surface area contributed by atoms with Crippen LogP contribution in [0.5, 0.6) is 0 Å². The molecule has 3 heteroatoms. The minimum Gasteiger partial charge on any atom is -0.342 e. The van der Waals surface area contributed by atoms with E-state index in [-0.39, 0.29) is 0 Å². The Morgan fingerprint density at radius 1 is 1.24 bits per heavy atom. The van der Waals surface area contributed by atoms with E-state index in [1.54, 1.807) is 0 Å². The van der Waals surface area contributed by atoms with Gasteiger partial charge in [-0.3, -0.25) is 0 Å². The molecule has 1 aromatic carbocycles. The van der Waals surface area contributed by atoms with Gasteiger partial charge in [0.1, 0.15) is 5.82 Å². The van der Waals surface area contributed by atoms with Crippen LogP contribution in [0.25, 0.3) is 11.0 Å². The van der Waals surface area contributed by atoms with Crippen molar-refractivity contribution in [2.45, 2.75) is 38.1 Å². The van der Waals surface area contributed by atoms with E-state index in [2.05, 4.69) is 27.4 Å². The van der Waals surface area contributed by atoms with Crippen molar-refractivity contribution in [2.24, 2.45) is 0 Å². The largest absolute Gasteiger partial charge is 0.342 e. The van der Waals surface area contributed by atoms with Crippen LogP contribution in [0.15, 0.2) is 24.3 Å². The molecule has 3 nitrogen and oxygen atoms in total. The summed E-state index contributed by atoms with van der Waals surface area (Å²) in [5, 5.41) is 3.61. The van der Waals surface area contributed by atoms with E-state index in [0.29, 0.717) is 0 Å². The maximum Gasteiger partial charge on any atom is 0.108 e. The zero-order valence-corrected chi connectivity index (χ0v) is 10.1.